The van der Waals surface area contributed by atoms with Crippen LogP contribution in [0.5, 0.6) is 5.75 Å². The van der Waals surface area contributed by atoms with E-state index in [9.17, 15) is 4.79 Å². The second-order valence-electron chi connectivity index (χ2n) is 7.73. The molecule has 0 aliphatic heterocycles. The lowest BCUT2D eigenvalue weighted by Gasteiger charge is -2.24. The molecule has 3 aromatic rings. The van der Waals surface area contributed by atoms with E-state index in [-0.39, 0.29) is 5.91 Å². The van der Waals surface area contributed by atoms with Gasteiger partial charge in [0.25, 0.3) is 5.91 Å². The van der Waals surface area contributed by atoms with Crippen LogP contribution in [0.4, 0.5) is 0 Å². The van der Waals surface area contributed by atoms with E-state index < -0.39 is 0 Å². The third-order valence-electron chi connectivity index (χ3n) is 5.46. The van der Waals surface area contributed by atoms with Gasteiger partial charge in [0.2, 0.25) is 0 Å². The Labute approximate surface area is 180 Å². The minimum atomic E-state index is 0.110. The van der Waals surface area contributed by atoms with Gasteiger partial charge in [-0.2, -0.15) is 0 Å². The fraction of sp³-hybridized carbons (Fsp3) is 0.346. The summed E-state index contributed by atoms with van der Waals surface area (Å²) in [6, 6.07) is 20.1. The molecule has 0 saturated heterocycles. The van der Waals surface area contributed by atoms with Crippen molar-refractivity contribution in [2.75, 3.05) is 13.7 Å². The number of hydrogen-bond donors (Lipinski definition) is 0. The quantitative estimate of drug-likeness (QED) is 0.407. The standard InChI is InChI=1S/C26H32N2O2/c1-4-5-8-16-28(26(29)25-15-7-6-11-21(25)2)20-23-13-10-17-27(23)19-22-12-9-14-24(18-22)30-3/h6-7,9-15,17-18H,4-5,8,16,19-20H2,1-3H3. The average Bonchev–Trinajstić information content (AvgIpc) is 3.19. The minimum Gasteiger partial charge on any atom is -0.497 e. The molecule has 1 aromatic heterocycles. The summed E-state index contributed by atoms with van der Waals surface area (Å²) in [5.74, 6) is 0.968. The predicted octanol–water partition coefficient (Wildman–Crippen LogP) is 5.69. The highest BCUT2D eigenvalue weighted by Crippen LogP contribution is 2.18. The normalized spacial score (nSPS) is 10.8. The number of nitrogens with zero attached hydrogens (tertiary/aromatic N) is 2. The number of unbranched alkanes of at least 4 members (excludes halogenated alkanes) is 2. The van der Waals surface area contributed by atoms with Gasteiger partial charge >= 0.3 is 0 Å². The number of methoxy groups -OCH3 is 1. The summed E-state index contributed by atoms with van der Waals surface area (Å²) in [5.41, 5.74) is 4.13. The van der Waals surface area contributed by atoms with Crippen LogP contribution in [-0.2, 0) is 13.1 Å². The van der Waals surface area contributed by atoms with Crippen molar-refractivity contribution < 1.29 is 9.53 Å². The van der Waals surface area contributed by atoms with Gasteiger partial charge < -0.3 is 14.2 Å². The number of carbonyl (C=O) groups excluding carboxylic acids is 1. The lowest BCUT2D eigenvalue weighted by atomic mass is 10.1. The lowest BCUT2D eigenvalue weighted by Crippen LogP contribution is -2.33. The molecule has 1 heterocycles. The van der Waals surface area contributed by atoms with Crippen molar-refractivity contribution in [2.24, 2.45) is 0 Å². The van der Waals surface area contributed by atoms with Crippen molar-refractivity contribution in [2.45, 2.75) is 46.2 Å². The first kappa shape index (κ1) is 21.7. The fourth-order valence-corrected chi connectivity index (χ4v) is 3.70. The van der Waals surface area contributed by atoms with E-state index in [0.29, 0.717) is 6.54 Å². The Bertz CT molecular complexity index is 961. The molecule has 4 heteroatoms. The fourth-order valence-electron chi connectivity index (χ4n) is 3.70. The van der Waals surface area contributed by atoms with Gasteiger partial charge in [-0.15, -0.1) is 0 Å². The van der Waals surface area contributed by atoms with Crippen LogP contribution in [-0.4, -0.2) is 29.0 Å². The zero-order chi connectivity index (χ0) is 21.3. The Kier molecular flexibility index (Phi) is 7.72. The Morgan fingerprint density at radius 1 is 1.03 bits per heavy atom. The molecule has 2 aromatic carbocycles. The average molecular weight is 405 g/mol. The van der Waals surface area contributed by atoms with Crippen molar-refractivity contribution in [1.82, 2.24) is 9.47 Å². The second kappa shape index (κ2) is 10.7. The first-order valence-electron chi connectivity index (χ1n) is 10.7. The van der Waals surface area contributed by atoms with Gasteiger partial charge in [0.1, 0.15) is 5.75 Å². The van der Waals surface area contributed by atoms with Gasteiger partial charge in [-0.1, -0.05) is 50.1 Å². The Balaban J connectivity index is 1.80. The second-order valence-corrected chi connectivity index (χ2v) is 7.73. The van der Waals surface area contributed by atoms with Crippen molar-refractivity contribution >= 4 is 5.91 Å². The molecule has 158 valence electrons. The molecular formula is C26H32N2O2. The highest BCUT2D eigenvalue weighted by Gasteiger charge is 2.19. The van der Waals surface area contributed by atoms with Crippen LogP contribution in [0.2, 0.25) is 0 Å². The van der Waals surface area contributed by atoms with Crippen LogP contribution in [0.15, 0.2) is 66.9 Å². The van der Waals surface area contributed by atoms with Crippen LogP contribution in [0, 0.1) is 6.92 Å². The van der Waals surface area contributed by atoms with Crippen LogP contribution < -0.4 is 4.74 Å². The Morgan fingerprint density at radius 2 is 1.87 bits per heavy atom. The first-order valence-corrected chi connectivity index (χ1v) is 10.7. The molecule has 4 nitrogen and oxygen atoms in total. The number of hydrogen-bond acceptors (Lipinski definition) is 2. The number of carbonyl (C=O) groups is 1. The maximum Gasteiger partial charge on any atom is 0.254 e. The minimum absolute atomic E-state index is 0.110. The molecule has 0 radical (unpaired) electrons. The number of aryl methyl sites for hydroxylation is 1. The van der Waals surface area contributed by atoms with Gasteiger partial charge in [0.15, 0.2) is 0 Å². The predicted molar refractivity (Wildman–Crippen MR) is 122 cm³/mol. The van der Waals surface area contributed by atoms with Crippen LogP contribution >= 0.6 is 0 Å². The van der Waals surface area contributed by atoms with Crippen molar-refractivity contribution in [3.05, 3.63) is 89.2 Å². The zero-order valence-corrected chi connectivity index (χ0v) is 18.3. The van der Waals surface area contributed by atoms with Gasteiger partial charge in [-0.05, 0) is 54.8 Å². The van der Waals surface area contributed by atoms with E-state index in [2.05, 4.69) is 42.0 Å². The Morgan fingerprint density at radius 3 is 2.63 bits per heavy atom. The summed E-state index contributed by atoms with van der Waals surface area (Å²) < 4.78 is 7.57. The highest BCUT2D eigenvalue weighted by molar-refractivity contribution is 5.95. The van der Waals surface area contributed by atoms with Crippen molar-refractivity contribution in [3.63, 3.8) is 0 Å². The van der Waals surface area contributed by atoms with Crippen molar-refractivity contribution in [1.29, 1.82) is 0 Å². The van der Waals surface area contributed by atoms with E-state index in [4.69, 9.17) is 4.74 Å². The highest BCUT2D eigenvalue weighted by atomic mass is 16.5. The lowest BCUT2D eigenvalue weighted by molar-refractivity contribution is 0.0735. The van der Waals surface area contributed by atoms with Crippen LogP contribution in [0.1, 0.15) is 53.4 Å². The summed E-state index contributed by atoms with van der Waals surface area (Å²) in [6.45, 7) is 6.32. The molecule has 0 fully saturated rings. The van der Waals surface area contributed by atoms with E-state index in [1.165, 1.54) is 5.56 Å². The molecule has 0 atom stereocenters. The summed E-state index contributed by atoms with van der Waals surface area (Å²) in [7, 11) is 1.69. The van der Waals surface area contributed by atoms with Crippen LogP contribution in [0.3, 0.4) is 0 Å². The molecule has 30 heavy (non-hydrogen) atoms. The Hall–Kier alpha value is -3.01. The molecule has 0 saturated carbocycles. The number of benzene rings is 2. The zero-order valence-electron chi connectivity index (χ0n) is 18.3. The van der Waals surface area contributed by atoms with E-state index in [1.54, 1.807) is 7.11 Å². The number of aromatic nitrogens is 1. The molecule has 1 amide bonds. The molecule has 0 aliphatic rings. The van der Waals surface area contributed by atoms with Gasteiger partial charge in [0, 0.05) is 30.5 Å². The monoisotopic (exact) mass is 404 g/mol. The number of amides is 1. The smallest absolute Gasteiger partial charge is 0.254 e. The molecule has 0 N–H and O–H groups in total. The van der Waals surface area contributed by atoms with E-state index >= 15 is 0 Å². The molecule has 0 spiro atoms. The topological polar surface area (TPSA) is 34.5 Å². The third kappa shape index (κ3) is 5.53. The molecule has 3 rings (SSSR count). The summed E-state index contributed by atoms with van der Waals surface area (Å²) >= 11 is 0. The third-order valence-corrected chi connectivity index (χ3v) is 5.46. The maximum absolute atomic E-state index is 13.3. The number of ether oxygens (including phenoxy) is 1. The summed E-state index contributed by atoms with van der Waals surface area (Å²) in [4.78, 5) is 15.3. The van der Waals surface area contributed by atoms with E-state index in [1.807, 2.05) is 48.2 Å². The van der Waals surface area contributed by atoms with Crippen molar-refractivity contribution in [3.8, 4) is 5.75 Å². The maximum atomic E-state index is 13.3. The van der Waals surface area contributed by atoms with Gasteiger partial charge in [-0.3, -0.25) is 4.79 Å². The first-order chi connectivity index (χ1) is 14.6. The summed E-state index contributed by atoms with van der Waals surface area (Å²) in [6.07, 6.45) is 5.36. The molecule has 0 bridgehead atoms. The summed E-state index contributed by atoms with van der Waals surface area (Å²) in [5, 5.41) is 0. The van der Waals surface area contributed by atoms with E-state index in [0.717, 1.165) is 54.9 Å². The van der Waals surface area contributed by atoms with Gasteiger partial charge in [0.05, 0.1) is 13.7 Å². The molecule has 0 aliphatic carbocycles. The van der Waals surface area contributed by atoms with Gasteiger partial charge in [-0.25, -0.2) is 0 Å². The van der Waals surface area contributed by atoms with Crippen LogP contribution in [0.25, 0.3) is 0 Å². The largest absolute Gasteiger partial charge is 0.497 e. The molecule has 0 unspecified atom stereocenters. The molecular weight excluding hydrogens is 372 g/mol. The number of rotatable bonds is 10. The SMILES string of the molecule is CCCCCN(Cc1cccn1Cc1cccc(OC)c1)C(=O)c1ccccc1C.